The van der Waals surface area contributed by atoms with Gasteiger partial charge in [0.2, 0.25) is 0 Å². The highest BCUT2D eigenvalue weighted by molar-refractivity contribution is 4.75. The van der Waals surface area contributed by atoms with Crippen LogP contribution in [0.15, 0.2) is 0 Å². The van der Waals surface area contributed by atoms with E-state index in [4.69, 9.17) is 0 Å². The maximum Gasteiger partial charge on any atom is 0.0215 e. The van der Waals surface area contributed by atoms with Gasteiger partial charge in [-0.25, -0.2) is 0 Å². The molecule has 0 radical (unpaired) electrons. The zero-order chi connectivity index (χ0) is 11.1. The Hall–Kier alpha value is -0.0800. The Labute approximate surface area is 89.9 Å². The van der Waals surface area contributed by atoms with Crippen LogP contribution in [0.4, 0.5) is 0 Å². The van der Waals surface area contributed by atoms with E-state index < -0.39 is 0 Å². The monoisotopic (exact) mass is 200 g/mol. The summed E-state index contributed by atoms with van der Waals surface area (Å²) in [5.74, 6) is 1.41. The standard InChI is InChI=1S/C12H28N2/c1-7-13-12(10(4)5)8-14-11(6)9(2)3/h9-14H,7-8H2,1-6H3. The van der Waals surface area contributed by atoms with E-state index in [1.807, 2.05) is 0 Å². The van der Waals surface area contributed by atoms with Gasteiger partial charge in [0.25, 0.3) is 0 Å². The predicted octanol–water partition coefficient (Wildman–Crippen LogP) is 2.25. The van der Waals surface area contributed by atoms with E-state index >= 15 is 0 Å². The molecule has 14 heavy (non-hydrogen) atoms. The number of nitrogens with one attached hydrogen (secondary N) is 2. The molecule has 86 valence electrons. The second kappa shape index (κ2) is 7.24. The van der Waals surface area contributed by atoms with Crippen LogP contribution in [0.1, 0.15) is 41.5 Å². The summed E-state index contributed by atoms with van der Waals surface area (Å²) in [7, 11) is 0. The zero-order valence-corrected chi connectivity index (χ0v) is 10.7. The van der Waals surface area contributed by atoms with Crippen molar-refractivity contribution in [2.75, 3.05) is 13.1 Å². The van der Waals surface area contributed by atoms with Gasteiger partial charge >= 0.3 is 0 Å². The summed E-state index contributed by atoms with van der Waals surface area (Å²) in [4.78, 5) is 0. The fraction of sp³-hybridized carbons (Fsp3) is 1.00. The smallest absolute Gasteiger partial charge is 0.0215 e. The van der Waals surface area contributed by atoms with E-state index in [9.17, 15) is 0 Å². The van der Waals surface area contributed by atoms with Crippen LogP contribution >= 0.6 is 0 Å². The Bertz CT molecular complexity index is 132. The lowest BCUT2D eigenvalue weighted by Gasteiger charge is -2.26. The van der Waals surface area contributed by atoms with Gasteiger partial charge in [-0.05, 0) is 25.3 Å². The van der Waals surface area contributed by atoms with Crippen molar-refractivity contribution in [2.24, 2.45) is 11.8 Å². The SMILES string of the molecule is CCNC(CNC(C)C(C)C)C(C)C. The first-order valence-corrected chi connectivity index (χ1v) is 5.95. The first kappa shape index (κ1) is 13.9. The number of hydrogen-bond donors (Lipinski definition) is 2. The van der Waals surface area contributed by atoms with Crippen LogP contribution in [-0.2, 0) is 0 Å². The molecular weight excluding hydrogens is 172 g/mol. The minimum atomic E-state index is 0.598. The van der Waals surface area contributed by atoms with Crippen molar-refractivity contribution in [1.82, 2.24) is 10.6 Å². The Balaban J connectivity index is 3.81. The van der Waals surface area contributed by atoms with Gasteiger partial charge in [0, 0.05) is 18.6 Å². The summed E-state index contributed by atoms with van der Waals surface area (Å²) >= 11 is 0. The van der Waals surface area contributed by atoms with Crippen molar-refractivity contribution in [1.29, 1.82) is 0 Å². The normalized spacial score (nSPS) is 16.3. The van der Waals surface area contributed by atoms with Gasteiger partial charge in [-0.2, -0.15) is 0 Å². The van der Waals surface area contributed by atoms with Crippen LogP contribution in [-0.4, -0.2) is 25.2 Å². The summed E-state index contributed by atoms with van der Waals surface area (Å²) in [6.45, 7) is 15.6. The molecule has 0 fully saturated rings. The average Bonchev–Trinajstić information content (AvgIpc) is 2.10. The van der Waals surface area contributed by atoms with Gasteiger partial charge in [0.05, 0.1) is 0 Å². The van der Waals surface area contributed by atoms with E-state index in [0.29, 0.717) is 23.9 Å². The molecule has 0 aliphatic rings. The van der Waals surface area contributed by atoms with Gasteiger partial charge in [-0.3, -0.25) is 0 Å². The molecule has 0 saturated carbocycles. The molecule has 0 rings (SSSR count). The minimum Gasteiger partial charge on any atom is -0.313 e. The molecule has 0 aromatic heterocycles. The second-order valence-corrected chi connectivity index (χ2v) is 4.85. The molecular formula is C12H28N2. The third-order valence-electron chi connectivity index (χ3n) is 2.93. The maximum absolute atomic E-state index is 3.59. The zero-order valence-electron chi connectivity index (χ0n) is 10.7. The lowest BCUT2D eigenvalue weighted by molar-refractivity contribution is 0.343. The number of likely N-dealkylation sites (N-methyl/N-ethyl adjacent to an activating group) is 1. The molecule has 2 atom stereocenters. The molecule has 0 aromatic carbocycles. The summed E-state index contributed by atoms with van der Waals surface area (Å²) < 4.78 is 0. The van der Waals surface area contributed by atoms with Gasteiger partial charge in [0.15, 0.2) is 0 Å². The molecule has 0 aliphatic heterocycles. The van der Waals surface area contributed by atoms with E-state index in [2.05, 4.69) is 52.2 Å². The van der Waals surface area contributed by atoms with Crippen LogP contribution in [0, 0.1) is 11.8 Å². The molecule has 0 saturated heterocycles. The van der Waals surface area contributed by atoms with E-state index in [1.165, 1.54) is 0 Å². The van der Waals surface area contributed by atoms with Crippen LogP contribution in [0.3, 0.4) is 0 Å². The van der Waals surface area contributed by atoms with E-state index in [0.717, 1.165) is 13.1 Å². The Morgan fingerprint density at radius 3 is 1.79 bits per heavy atom. The Morgan fingerprint density at radius 2 is 1.43 bits per heavy atom. The molecule has 0 aromatic rings. The molecule has 2 unspecified atom stereocenters. The van der Waals surface area contributed by atoms with Crippen molar-refractivity contribution in [3.63, 3.8) is 0 Å². The van der Waals surface area contributed by atoms with Crippen molar-refractivity contribution < 1.29 is 0 Å². The van der Waals surface area contributed by atoms with E-state index in [1.54, 1.807) is 0 Å². The molecule has 2 nitrogen and oxygen atoms in total. The fourth-order valence-corrected chi connectivity index (χ4v) is 1.35. The van der Waals surface area contributed by atoms with Gasteiger partial charge in [-0.1, -0.05) is 34.6 Å². The lowest BCUT2D eigenvalue weighted by Crippen LogP contribution is -2.45. The topological polar surface area (TPSA) is 24.1 Å². The van der Waals surface area contributed by atoms with Gasteiger partial charge < -0.3 is 10.6 Å². The van der Waals surface area contributed by atoms with Crippen LogP contribution in [0.2, 0.25) is 0 Å². The Kier molecular flexibility index (Phi) is 7.20. The Morgan fingerprint density at radius 1 is 0.857 bits per heavy atom. The van der Waals surface area contributed by atoms with Crippen molar-refractivity contribution in [3.05, 3.63) is 0 Å². The third-order valence-corrected chi connectivity index (χ3v) is 2.93. The molecule has 0 aliphatic carbocycles. The molecule has 0 amide bonds. The number of hydrogen-bond acceptors (Lipinski definition) is 2. The number of rotatable bonds is 7. The first-order valence-electron chi connectivity index (χ1n) is 5.95. The predicted molar refractivity (Wildman–Crippen MR) is 64.6 cm³/mol. The molecule has 0 spiro atoms. The largest absolute Gasteiger partial charge is 0.313 e. The fourth-order valence-electron chi connectivity index (χ4n) is 1.35. The maximum atomic E-state index is 3.59. The second-order valence-electron chi connectivity index (χ2n) is 4.85. The first-order chi connectivity index (χ1) is 6.49. The highest BCUT2D eigenvalue weighted by atomic mass is 15.0. The highest BCUT2D eigenvalue weighted by Crippen LogP contribution is 2.03. The average molecular weight is 200 g/mol. The molecule has 0 heterocycles. The summed E-state index contributed by atoms with van der Waals surface area (Å²) in [5, 5.41) is 7.10. The summed E-state index contributed by atoms with van der Waals surface area (Å²) in [6.07, 6.45) is 0. The van der Waals surface area contributed by atoms with Crippen LogP contribution < -0.4 is 10.6 Å². The summed E-state index contributed by atoms with van der Waals surface area (Å²) in [6, 6.07) is 1.20. The lowest BCUT2D eigenvalue weighted by atomic mass is 10.0. The molecule has 2 heteroatoms. The molecule has 2 N–H and O–H groups in total. The van der Waals surface area contributed by atoms with Gasteiger partial charge in [-0.15, -0.1) is 0 Å². The van der Waals surface area contributed by atoms with E-state index in [-0.39, 0.29) is 0 Å². The third kappa shape index (κ3) is 5.61. The van der Waals surface area contributed by atoms with Crippen molar-refractivity contribution in [2.45, 2.75) is 53.6 Å². The van der Waals surface area contributed by atoms with Gasteiger partial charge in [0.1, 0.15) is 0 Å². The molecule has 0 bridgehead atoms. The minimum absolute atomic E-state index is 0.598. The van der Waals surface area contributed by atoms with Crippen molar-refractivity contribution in [3.8, 4) is 0 Å². The van der Waals surface area contributed by atoms with Crippen molar-refractivity contribution >= 4 is 0 Å². The highest BCUT2D eigenvalue weighted by Gasteiger charge is 2.13. The van der Waals surface area contributed by atoms with Crippen LogP contribution in [0.25, 0.3) is 0 Å². The summed E-state index contributed by atoms with van der Waals surface area (Å²) in [5.41, 5.74) is 0. The quantitative estimate of drug-likeness (QED) is 0.659. The van der Waals surface area contributed by atoms with Crippen LogP contribution in [0.5, 0.6) is 0 Å².